The summed E-state index contributed by atoms with van der Waals surface area (Å²) in [4.78, 5) is 24.5. The van der Waals surface area contributed by atoms with Gasteiger partial charge in [0, 0.05) is 28.4 Å². The number of amides is 2. The van der Waals surface area contributed by atoms with Gasteiger partial charge in [0.1, 0.15) is 10.7 Å². The largest absolute Gasteiger partial charge is 0.507 e. The standard InChI is InChI=1S/C31H22N4O12S3/c36-27-15-24(49(42,43)44)13-18-10-20(4-7-25(18)27)32-31(38)33-21-5-8-26-19(11-21)14-28(50(45,46)47)29(30(26)37)35-34-22-3-1-17-12-23(48(39,40)41)6-2-16(17)9-22/h1-15,34,36H,(H2,32,33,38)(H,39,40,41)(H,42,43,44)(H,45,46,47)/b35-29-. The van der Waals surface area contributed by atoms with E-state index in [2.05, 4.69) is 21.2 Å². The van der Waals surface area contributed by atoms with Crippen LogP contribution in [0.1, 0.15) is 15.9 Å². The molecule has 0 fully saturated rings. The number of hydrazone groups is 1. The van der Waals surface area contributed by atoms with Crippen LogP contribution in [-0.2, 0) is 30.4 Å². The predicted molar refractivity (Wildman–Crippen MR) is 183 cm³/mol. The molecule has 0 saturated heterocycles. The average molecular weight is 739 g/mol. The molecular weight excluding hydrogens is 717 g/mol. The van der Waals surface area contributed by atoms with E-state index in [0.717, 1.165) is 18.2 Å². The number of aromatic hydroxyl groups is 1. The van der Waals surface area contributed by atoms with Crippen LogP contribution in [0.15, 0.2) is 105 Å². The van der Waals surface area contributed by atoms with Gasteiger partial charge in [-0.1, -0.05) is 12.1 Å². The van der Waals surface area contributed by atoms with E-state index >= 15 is 0 Å². The van der Waals surface area contributed by atoms with E-state index in [4.69, 9.17) is 0 Å². The Morgan fingerprint density at radius 1 is 0.620 bits per heavy atom. The molecule has 16 nitrogen and oxygen atoms in total. The first-order chi connectivity index (χ1) is 23.4. The fraction of sp³-hybridized carbons (Fsp3) is 0. The van der Waals surface area contributed by atoms with E-state index in [0.29, 0.717) is 10.8 Å². The number of ketones is 1. The number of fused-ring (bicyclic) bond motifs is 3. The molecule has 1 aliphatic carbocycles. The molecule has 7 N–H and O–H groups in total. The van der Waals surface area contributed by atoms with Crippen LogP contribution in [0, 0.1) is 0 Å². The number of carbonyl (C=O) groups is 2. The molecule has 2 amide bonds. The lowest BCUT2D eigenvalue weighted by Crippen LogP contribution is -2.27. The maximum atomic E-state index is 13.4. The van der Waals surface area contributed by atoms with Crippen molar-refractivity contribution in [3.8, 4) is 5.75 Å². The summed E-state index contributed by atoms with van der Waals surface area (Å²) in [6.45, 7) is 0. The average Bonchev–Trinajstić information content (AvgIpc) is 3.02. The van der Waals surface area contributed by atoms with Crippen LogP contribution in [-0.4, -0.2) is 61.5 Å². The summed E-state index contributed by atoms with van der Waals surface area (Å²) in [6.07, 6.45) is 0.996. The zero-order valence-electron chi connectivity index (χ0n) is 24.9. The van der Waals surface area contributed by atoms with Gasteiger partial charge >= 0.3 is 6.03 Å². The SMILES string of the molecule is O=C(Nc1ccc2c(c1)C=C(S(=O)(=O)O)/C(=N/Nc1ccc3cc(S(=O)(=O)O)ccc3c1)C2=O)Nc1ccc2c(O)cc(S(=O)(=O)O)cc2c1. The lowest BCUT2D eigenvalue weighted by molar-refractivity contribution is 0.106. The van der Waals surface area contributed by atoms with Crippen LogP contribution in [0.4, 0.5) is 21.9 Å². The van der Waals surface area contributed by atoms with Gasteiger partial charge in [-0.15, -0.1) is 0 Å². The Morgan fingerprint density at radius 3 is 1.88 bits per heavy atom. The molecule has 19 heteroatoms. The molecule has 1 aliphatic rings. The maximum Gasteiger partial charge on any atom is 0.323 e. The number of Topliss-reactive ketones (excluding diaryl/α,β-unsaturated/α-hetero) is 1. The Labute approximate surface area is 283 Å². The van der Waals surface area contributed by atoms with Gasteiger partial charge < -0.3 is 15.7 Å². The number of hydrogen-bond acceptors (Lipinski definition) is 11. The third-order valence-corrected chi connectivity index (χ3v) is 9.98. The van der Waals surface area contributed by atoms with Gasteiger partial charge in [-0.25, -0.2) is 4.79 Å². The van der Waals surface area contributed by atoms with Crippen LogP contribution in [0.3, 0.4) is 0 Å². The van der Waals surface area contributed by atoms with E-state index in [1.807, 2.05) is 0 Å². The van der Waals surface area contributed by atoms with Crippen molar-refractivity contribution in [3.05, 3.63) is 101 Å². The zero-order valence-corrected chi connectivity index (χ0v) is 27.3. The monoisotopic (exact) mass is 738 g/mol. The molecule has 0 saturated carbocycles. The molecule has 256 valence electrons. The number of phenols is 1. The normalized spacial score (nSPS) is 14.3. The smallest absolute Gasteiger partial charge is 0.323 e. The molecular formula is C31H22N4O12S3. The number of urea groups is 1. The van der Waals surface area contributed by atoms with Crippen LogP contribution in [0.2, 0.25) is 0 Å². The first-order valence-electron chi connectivity index (χ1n) is 13.9. The van der Waals surface area contributed by atoms with E-state index in [9.17, 15) is 53.6 Å². The Hall–Kier alpha value is -5.70. The number of phenolic OH excluding ortho intramolecular Hbond substituents is 1. The van der Waals surface area contributed by atoms with Crippen molar-refractivity contribution in [2.75, 3.05) is 16.1 Å². The second kappa shape index (κ2) is 12.3. The summed E-state index contributed by atoms with van der Waals surface area (Å²) in [5, 5.41) is 20.5. The molecule has 0 unspecified atom stereocenters. The molecule has 50 heavy (non-hydrogen) atoms. The highest BCUT2D eigenvalue weighted by molar-refractivity contribution is 7.91. The Balaban J connectivity index is 1.23. The lowest BCUT2D eigenvalue weighted by Gasteiger charge is -2.17. The summed E-state index contributed by atoms with van der Waals surface area (Å²) in [6, 6.07) is 17.6. The highest BCUT2D eigenvalue weighted by Crippen LogP contribution is 2.32. The summed E-state index contributed by atoms with van der Waals surface area (Å²) >= 11 is 0. The number of allylic oxidation sites excluding steroid dienone is 1. The molecule has 0 bridgehead atoms. The summed E-state index contributed by atoms with van der Waals surface area (Å²) in [7, 11) is -14.1. The van der Waals surface area contributed by atoms with Crippen LogP contribution in [0.25, 0.3) is 27.6 Å². The molecule has 0 spiro atoms. The lowest BCUT2D eigenvalue weighted by atomic mass is 9.94. The van der Waals surface area contributed by atoms with Crippen LogP contribution in [0.5, 0.6) is 5.75 Å². The van der Waals surface area contributed by atoms with Gasteiger partial charge in [-0.2, -0.15) is 30.4 Å². The zero-order chi connectivity index (χ0) is 36.2. The predicted octanol–water partition coefficient (Wildman–Crippen LogP) is 4.73. The minimum atomic E-state index is -5.00. The third kappa shape index (κ3) is 7.03. The topological polar surface area (TPSA) is 266 Å². The van der Waals surface area contributed by atoms with E-state index in [-0.39, 0.29) is 43.9 Å². The van der Waals surface area contributed by atoms with Gasteiger partial charge in [-0.3, -0.25) is 23.9 Å². The van der Waals surface area contributed by atoms with Crippen LogP contribution < -0.4 is 16.1 Å². The minimum Gasteiger partial charge on any atom is -0.507 e. The molecule has 0 aliphatic heterocycles. The Bertz CT molecular complexity index is 2710. The number of carbonyl (C=O) groups excluding carboxylic acids is 2. The fourth-order valence-corrected chi connectivity index (χ4v) is 6.85. The van der Waals surface area contributed by atoms with E-state index < -0.39 is 63.4 Å². The fourth-order valence-electron chi connectivity index (χ4n) is 5.14. The Kier molecular flexibility index (Phi) is 8.42. The van der Waals surface area contributed by atoms with Crippen molar-refractivity contribution in [2.24, 2.45) is 5.10 Å². The second-order valence-corrected chi connectivity index (χ2v) is 15.1. The van der Waals surface area contributed by atoms with E-state index in [1.165, 1.54) is 72.8 Å². The third-order valence-electron chi connectivity index (χ3n) is 7.43. The number of rotatable bonds is 7. The van der Waals surface area contributed by atoms with Gasteiger partial charge in [0.2, 0.25) is 5.78 Å². The molecule has 5 aromatic carbocycles. The summed E-state index contributed by atoms with van der Waals surface area (Å²) in [5.74, 6) is -1.29. The highest BCUT2D eigenvalue weighted by Gasteiger charge is 2.33. The first kappa shape index (κ1) is 34.2. The van der Waals surface area contributed by atoms with Gasteiger partial charge in [0.15, 0.2) is 5.71 Å². The second-order valence-electron chi connectivity index (χ2n) is 10.8. The number of anilines is 3. The highest BCUT2D eigenvalue weighted by atomic mass is 32.2. The van der Waals surface area contributed by atoms with Crippen molar-refractivity contribution < 1.29 is 53.6 Å². The molecule has 0 aromatic heterocycles. The van der Waals surface area contributed by atoms with Gasteiger partial charge in [-0.05, 0) is 94.5 Å². The molecule has 0 atom stereocenters. The molecule has 0 radical (unpaired) electrons. The van der Waals surface area contributed by atoms with Crippen molar-refractivity contribution in [1.82, 2.24) is 0 Å². The van der Waals surface area contributed by atoms with Gasteiger partial charge in [0.05, 0.1) is 15.5 Å². The Morgan fingerprint density at radius 2 is 1.20 bits per heavy atom. The number of nitrogens with one attached hydrogen (secondary N) is 3. The minimum absolute atomic E-state index is 0.0101. The van der Waals surface area contributed by atoms with E-state index in [1.54, 1.807) is 0 Å². The number of hydrogen-bond donors (Lipinski definition) is 7. The van der Waals surface area contributed by atoms with Gasteiger partial charge in [0.25, 0.3) is 30.4 Å². The molecule has 5 aromatic rings. The van der Waals surface area contributed by atoms with Crippen molar-refractivity contribution in [2.45, 2.75) is 9.79 Å². The van der Waals surface area contributed by atoms with Crippen molar-refractivity contribution in [3.63, 3.8) is 0 Å². The van der Waals surface area contributed by atoms with Crippen LogP contribution >= 0.6 is 0 Å². The first-order valence-corrected chi connectivity index (χ1v) is 18.2. The maximum absolute atomic E-state index is 13.4. The van der Waals surface area contributed by atoms with Crippen molar-refractivity contribution in [1.29, 1.82) is 0 Å². The number of benzene rings is 5. The summed E-state index contributed by atoms with van der Waals surface area (Å²) < 4.78 is 99.1. The molecule has 6 rings (SSSR count). The summed E-state index contributed by atoms with van der Waals surface area (Å²) in [5.41, 5.74) is 2.49. The molecule has 0 heterocycles. The van der Waals surface area contributed by atoms with Crippen molar-refractivity contribution >= 4 is 92.6 Å². The quantitative estimate of drug-likeness (QED) is 0.0881. The number of nitrogens with zero attached hydrogens (tertiary/aromatic N) is 1.